The maximum Gasteiger partial charge on any atom is 0.231 e. The molecule has 1 heterocycles. The van der Waals surface area contributed by atoms with Gasteiger partial charge < -0.3 is 9.47 Å². The SMILES string of the molecule is CCC/C1=C\CCC[C@H]2Cc3c(ccc4c3OCO4)C[C@H]2C1. The van der Waals surface area contributed by atoms with Gasteiger partial charge in [0.2, 0.25) is 6.79 Å². The second-order valence-corrected chi connectivity index (χ2v) is 7.11. The molecule has 0 fully saturated rings. The second kappa shape index (κ2) is 5.98. The quantitative estimate of drug-likeness (QED) is 0.712. The van der Waals surface area contributed by atoms with Crippen LogP contribution in [0.3, 0.4) is 0 Å². The van der Waals surface area contributed by atoms with Crippen LogP contribution in [0.4, 0.5) is 0 Å². The van der Waals surface area contributed by atoms with E-state index in [1.165, 1.54) is 62.5 Å². The number of rotatable bonds is 2. The normalized spacial score (nSPS) is 28.9. The fourth-order valence-corrected chi connectivity index (χ4v) is 4.57. The third kappa shape index (κ3) is 2.53. The minimum Gasteiger partial charge on any atom is -0.454 e. The molecule has 3 aliphatic rings. The third-order valence-corrected chi connectivity index (χ3v) is 5.66. The lowest BCUT2D eigenvalue weighted by atomic mass is 9.70. The van der Waals surface area contributed by atoms with Gasteiger partial charge in [-0.3, -0.25) is 0 Å². The molecule has 0 amide bonds. The number of hydrogen-bond donors (Lipinski definition) is 0. The van der Waals surface area contributed by atoms with Crippen molar-refractivity contribution in [3.8, 4) is 11.5 Å². The Labute approximate surface area is 133 Å². The summed E-state index contributed by atoms with van der Waals surface area (Å²) < 4.78 is 11.3. The molecule has 0 radical (unpaired) electrons. The van der Waals surface area contributed by atoms with Crippen LogP contribution in [0.2, 0.25) is 0 Å². The molecular formula is C20H26O2. The van der Waals surface area contributed by atoms with Crippen molar-refractivity contribution >= 4 is 0 Å². The van der Waals surface area contributed by atoms with Gasteiger partial charge in [-0.2, -0.15) is 0 Å². The van der Waals surface area contributed by atoms with E-state index in [2.05, 4.69) is 25.1 Å². The van der Waals surface area contributed by atoms with Crippen LogP contribution in [-0.4, -0.2) is 6.79 Å². The molecule has 0 unspecified atom stereocenters. The highest BCUT2D eigenvalue weighted by molar-refractivity contribution is 5.53. The highest BCUT2D eigenvalue weighted by atomic mass is 16.7. The Hall–Kier alpha value is -1.44. The van der Waals surface area contributed by atoms with Crippen LogP contribution in [0.1, 0.15) is 56.6 Å². The van der Waals surface area contributed by atoms with Crippen LogP contribution in [0.15, 0.2) is 23.8 Å². The first-order chi connectivity index (χ1) is 10.8. The fraction of sp³-hybridized carbons (Fsp3) is 0.600. The molecule has 0 N–H and O–H groups in total. The van der Waals surface area contributed by atoms with Crippen LogP contribution in [0.5, 0.6) is 11.5 Å². The van der Waals surface area contributed by atoms with Crippen LogP contribution in [-0.2, 0) is 12.8 Å². The molecule has 0 aromatic heterocycles. The van der Waals surface area contributed by atoms with Gasteiger partial charge in [-0.25, -0.2) is 0 Å². The largest absolute Gasteiger partial charge is 0.454 e. The van der Waals surface area contributed by atoms with Gasteiger partial charge in [-0.15, -0.1) is 0 Å². The first-order valence-corrected chi connectivity index (χ1v) is 8.93. The number of fused-ring (bicyclic) bond motifs is 4. The molecule has 1 aromatic carbocycles. The summed E-state index contributed by atoms with van der Waals surface area (Å²) in [7, 11) is 0. The van der Waals surface area contributed by atoms with E-state index in [1.807, 2.05) is 0 Å². The number of hydrogen-bond acceptors (Lipinski definition) is 2. The number of allylic oxidation sites excluding steroid dienone is 2. The maximum atomic E-state index is 5.76. The predicted molar refractivity (Wildman–Crippen MR) is 88.4 cm³/mol. The van der Waals surface area contributed by atoms with Crippen molar-refractivity contribution in [1.82, 2.24) is 0 Å². The zero-order valence-corrected chi connectivity index (χ0v) is 13.6. The lowest BCUT2D eigenvalue weighted by Crippen LogP contribution is -2.27. The summed E-state index contributed by atoms with van der Waals surface area (Å²) in [4.78, 5) is 0. The van der Waals surface area contributed by atoms with Crippen molar-refractivity contribution in [2.24, 2.45) is 11.8 Å². The monoisotopic (exact) mass is 298 g/mol. The first kappa shape index (κ1) is 14.2. The van der Waals surface area contributed by atoms with E-state index in [9.17, 15) is 0 Å². The second-order valence-electron chi connectivity index (χ2n) is 7.11. The summed E-state index contributed by atoms with van der Waals surface area (Å²) >= 11 is 0. The molecule has 2 aliphatic carbocycles. The van der Waals surface area contributed by atoms with Gasteiger partial charge in [-0.05, 0) is 68.4 Å². The molecule has 2 atom stereocenters. The van der Waals surface area contributed by atoms with Gasteiger partial charge in [0.25, 0.3) is 0 Å². The maximum absolute atomic E-state index is 5.76. The van der Waals surface area contributed by atoms with Crippen LogP contribution in [0, 0.1) is 11.8 Å². The molecule has 1 aliphatic heterocycles. The molecule has 0 saturated heterocycles. The van der Waals surface area contributed by atoms with Crippen LogP contribution >= 0.6 is 0 Å². The summed E-state index contributed by atoms with van der Waals surface area (Å²) in [6.45, 7) is 2.69. The summed E-state index contributed by atoms with van der Waals surface area (Å²) in [5.74, 6) is 3.65. The molecule has 22 heavy (non-hydrogen) atoms. The average molecular weight is 298 g/mol. The Morgan fingerprint density at radius 1 is 1.09 bits per heavy atom. The van der Waals surface area contributed by atoms with Crippen LogP contribution in [0.25, 0.3) is 0 Å². The molecule has 4 rings (SSSR count). The Bertz CT molecular complexity index is 588. The van der Waals surface area contributed by atoms with E-state index in [0.717, 1.165) is 23.3 Å². The molecule has 1 aromatic rings. The first-order valence-electron chi connectivity index (χ1n) is 8.93. The predicted octanol–water partition coefficient (Wildman–Crippen LogP) is 5.05. The van der Waals surface area contributed by atoms with Gasteiger partial charge in [0.15, 0.2) is 11.5 Å². The summed E-state index contributed by atoms with van der Waals surface area (Å²) in [5.41, 5.74) is 4.65. The van der Waals surface area contributed by atoms with Crippen molar-refractivity contribution in [1.29, 1.82) is 0 Å². The van der Waals surface area contributed by atoms with Crippen molar-refractivity contribution < 1.29 is 9.47 Å². The van der Waals surface area contributed by atoms with Crippen molar-refractivity contribution in [3.63, 3.8) is 0 Å². The van der Waals surface area contributed by atoms with Gasteiger partial charge in [0.1, 0.15) is 0 Å². The van der Waals surface area contributed by atoms with Gasteiger partial charge in [-0.1, -0.05) is 31.1 Å². The zero-order valence-electron chi connectivity index (χ0n) is 13.6. The summed E-state index contributed by atoms with van der Waals surface area (Å²) in [6, 6.07) is 4.38. The molecule has 2 nitrogen and oxygen atoms in total. The standard InChI is InChI=1S/C20H26O2/c1-2-5-14-6-3-4-7-15-12-18-16(11-17(15)10-14)8-9-19-20(18)22-13-21-19/h6,8-9,15,17H,2-5,7,10-13H2,1H3/b14-6+/t15-,17+/m0/s1. The van der Waals surface area contributed by atoms with Gasteiger partial charge in [0, 0.05) is 5.56 Å². The topological polar surface area (TPSA) is 18.5 Å². The smallest absolute Gasteiger partial charge is 0.231 e. The number of benzene rings is 1. The Kier molecular flexibility index (Phi) is 3.85. The highest BCUT2D eigenvalue weighted by Gasteiger charge is 2.33. The fourth-order valence-electron chi connectivity index (χ4n) is 4.57. The van der Waals surface area contributed by atoms with Crippen molar-refractivity contribution in [2.45, 2.75) is 58.3 Å². The van der Waals surface area contributed by atoms with E-state index in [0.29, 0.717) is 6.79 Å². The highest BCUT2D eigenvalue weighted by Crippen LogP contribution is 2.46. The minimum absolute atomic E-state index is 0.392. The zero-order chi connectivity index (χ0) is 14.9. The molecule has 0 bridgehead atoms. The van der Waals surface area contributed by atoms with E-state index < -0.39 is 0 Å². The molecule has 118 valence electrons. The van der Waals surface area contributed by atoms with Crippen molar-refractivity contribution in [3.05, 3.63) is 34.9 Å². The molecule has 2 heteroatoms. The van der Waals surface area contributed by atoms with E-state index in [1.54, 1.807) is 5.57 Å². The van der Waals surface area contributed by atoms with E-state index in [4.69, 9.17) is 9.47 Å². The summed E-state index contributed by atoms with van der Waals surface area (Å²) in [5, 5.41) is 0. The van der Waals surface area contributed by atoms with E-state index >= 15 is 0 Å². The van der Waals surface area contributed by atoms with Crippen molar-refractivity contribution in [2.75, 3.05) is 6.79 Å². The molecule has 0 spiro atoms. The van der Waals surface area contributed by atoms with Gasteiger partial charge >= 0.3 is 0 Å². The third-order valence-electron chi connectivity index (χ3n) is 5.66. The van der Waals surface area contributed by atoms with Gasteiger partial charge in [0.05, 0.1) is 0 Å². The Balaban J connectivity index is 1.62. The lowest BCUT2D eigenvalue weighted by molar-refractivity contribution is 0.172. The average Bonchev–Trinajstić information content (AvgIpc) is 2.98. The lowest BCUT2D eigenvalue weighted by Gasteiger charge is -2.35. The molecular weight excluding hydrogens is 272 g/mol. The number of ether oxygens (including phenoxy) is 2. The Morgan fingerprint density at radius 2 is 2.05 bits per heavy atom. The van der Waals surface area contributed by atoms with Crippen LogP contribution < -0.4 is 9.47 Å². The Morgan fingerprint density at radius 3 is 2.95 bits per heavy atom. The van der Waals surface area contributed by atoms with E-state index in [-0.39, 0.29) is 0 Å². The summed E-state index contributed by atoms with van der Waals surface area (Å²) in [6.07, 6.45) is 12.8. The minimum atomic E-state index is 0.392. The molecule has 0 saturated carbocycles.